The van der Waals surface area contributed by atoms with E-state index in [1.54, 1.807) is 38.4 Å². The summed E-state index contributed by atoms with van der Waals surface area (Å²) in [4.78, 5) is 12.5. The molecule has 0 aliphatic heterocycles. The van der Waals surface area contributed by atoms with Gasteiger partial charge in [-0.15, -0.1) is 0 Å². The number of ether oxygens (including phenoxy) is 3. The molecule has 3 rings (SSSR count). The number of hydrogen-bond donors (Lipinski definition) is 1. The molecule has 1 amide bonds. The Hall–Kier alpha value is -4.13. The molecule has 1 heterocycles. The van der Waals surface area contributed by atoms with Crippen LogP contribution in [0.25, 0.3) is 11.3 Å². The third-order valence-electron chi connectivity index (χ3n) is 4.73. The van der Waals surface area contributed by atoms with Crippen LogP contribution in [0.15, 0.2) is 48.5 Å². The molecule has 0 aliphatic rings. The molecule has 10 heteroatoms. The lowest BCUT2D eigenvalue weighted by atomic mass is 10.1. The summed E-state index contributed by atoms with van der Waals surface area (Å²) in [6.45, 7) is -0.101. The summed E-state index contributed by atoms with van der Waals surface area (Å²) in [7, 11) is 4.73. The maximum absolute atomic E-state index is 12.7. The molecule has 7 nitrogen and oxygen atoms in total. The first-order valence-corrected chi connectivity index (χ1v) is 10.0. The number of nitrogens with one attached hydrogen (secondary N) is 1. The van der Waals surface area contributed by atoms with Crippen molar-refractivity contribution in [3.8, 4) is 40.3 Å². The minimum Gasteiger partial charge on any atom is -0.497 e. The maximum Gasteiger partial charge on any atom is 0.416 e. The van der Waals surface area contributed by atoms with Crippen molar-refractivity contribution < 1.29 is 32.2 Å². The van der Waals surface area contributed by atoms with Crippen LogP contribution in [0.2, 0.25) is 0 Å². The van der Waals surface area contributed by atoms with E-state index in [9.17, 15) is 18.0 Å². The minimum absolute atomic E-state index is 0.0216. The molecule has 3 aromatic rings. The van der Waals surface area contributed by atoms with Gasteiger partial charge in [-0.05, 0) is 42.5 Å². The van der Waals surface area contributed by atoms with Crippen molar-refractivity contribution in [2.24, 2.45) is 7.05 Å². The number of aryl methyl sites for hydroxylation is 1. The standard InChI is InChI=1S/C24H22F3N3O4/c1-30-21(15-20(29-30)19-14-17(32-2)9-10-22(19)33-3)23(31)28-11-4-5-12-34-18-8-6-7-16(13-18)24(25,26)27/h6-10,13-15H,11-12H2,1-3H3,(H,28,31). The molecule has 0 atom stereocenters. The molecule has 34 heavy (non-hydrogen) atoms. The van der Waals surface area contributed by atoms with E-state index in [2.05, 4.69) is 22.3 Å². The number of aromatic nitrogens is 2. The maximum atomic E-state index is 12.7. The van der Waals surface area contributed by atoms with Gasteiger partial charge in [-0.2, -0.15) is 18.3 Å². The minimum atomic E-state index is -4.45. The number of benzene rings is 2. The van der Waals surface area contributed by atoms with Gasteiger partial charge in [-0.25, -0.2) is 0 Å². The number of methoxy groups -OCH3 is 2. The molecule has 0 radical (unpaired) electrons. The number of amides is 1. The third-order valence-corrected chi connectivity index (χ3v) is 4.73. The highest BCUT2D eigenvalue weighted by molar-refractivity contribution is 5.94. The van der Waals surface area contributed by atoms with E-state index in [4.69, 9.17) is 14.2 Å². The first-order valence-electron chi connectivity index (χ1n) is 10.0. The van der Waals surface area contributed by atoms with Crippen LogP contribution in [0.4, 0.5) is 13.2 Å². The Morgan fingerprint density at radius 3 is 2.56 bits per heavy atom. The highest BCUT2D eigenvalue weighted by Crippen LogP contribution is 2.33. The van der Waals surface area contributed by atoms with Crippen molar-refractivity contribution in [1.82, 2.24) is 15.1 Å². The molecule has 0 spiro atoms. The zero-order valence-electron chi connectivity index (χ0n) is 18.7. The van der Waals surface area contributed by atoms with Crippen molar-refractivity contribution in [3.05, 3.63) is 59.8 Å². The lowest BCUT2D eigenvalue weighted by molar-refractivity contribution is -0.137. The summed E-state index contributed by atoms with van der Waals surface area (Å²) >= 11 is 0. The second-order valence-corrected chi connectivity index (χ2v) is 6.96. The molecule has 0 saturated heterocycles. The fraction of sp³-hybridized carbons (Fsp3) is 0.250. The Labute approximate surface area is 194 Å². The fourth-order valence-electron chi connectivity index (χ4n) is 3.04. The van der Waals surface area contributed by atoms with Gasteiger partial charge in [0.25, 0.3) is 5.91 Å². The van der Waals surface area contributed by atoms with Gasteiger partial charge in [0.2, 0.25) is 0 Å². The fourth-order valence-corrected chi connectivity index (χ4v) is 3.04. The van der Waals surface area contributed by atoms with Crippen LogP contribution in [0.3, 0.4) is 0 Å². The van der Waals surface area contributed by atoms with E-state index in [0.717, 1.165) is 12.1 Å². The molecule has 0 fully saturated rings. The summed E-state index contributed by atoms with van der Waals surface area (Å²) in [5.41, 5.74) is 0.709. The van der Waals surface area contributed by atoms with Crippen molar-refractivity contribution in [2.45, 2.75) is 6.18 Å². The van der Waals surface area contributed by atoms with Crippen LogP contribution < -0.4 is 19.5 Å². The molecule has 1 aromatic heterocycles. The van der Waals surface area contributed by atoms with E-state index >= 15 is 0 Å². The largest absolute Gasteiger partial charge is 0.497 e. The van der Waals surface area contributed by atoms with Gasteiger partial charge >= 0.3 is 6.18 Å². The number of halogens is 3. The third kappa shape index (κ3) is 6.01. The molecule has 0 saturated carbocycles. The highest BCUT2D eigenvalue weighted by Gasteiger charge is 2.30. The average molecular weight is 473 g/mol. The van der Waals surface area contributed by atoms with Gasteiger partial charge in [-0.1, -0.05) is 17.9 Å². The zero-order valence-corrected chi connectivity index (χ0v) is 18.7. The van der Waals surface area contributed by atoms with Crippen LogP contribution in [0.1, 0.15) is 16.1 Å². The lowest BCUT2D eigenvalue weighted by Crippen LogP contribution is -2.25. The summed E-state index contributed by atoms with van der Waals surface area (Å²) < 4.78 is 55.5. The Bertz CT molecular complexity index is 1230. The van der Waals surface area contributed by atoms with Gasteiger partial charge < -0.3 is 19.5 Å². The Morgan fingerprint density at radius 1 is 1.06 bits per heavy atom. The summed E-state index contributed by atoms with van der Waals surface area (Å²) in [5.74, 6) is 6.22. The van der Waals surface area contributed by atoms with Crippen LogP contribution in [0.5, 0.6) is 17.2 Å². The van der Waals surface area contributed by atoms with Crippen molar-refractivity contribution in [1.29, 1.82) is 0 Å². The summed E-state index contributed by atoms with van der Waals surface area (Å²) in [6.07, 6.45) is -4.45. The number of hydrogen-bond acceptors (Lipinski definition) is 5. The predicted molar refractivity (Wildman–Crippen MR) is 119 cm³/mol. The second-order valence-electron chi connectivity index (χ2n) is 6.96. The number of carbonyl (C=O) groups is 1. The molecule has 0 aliphatic carbocycles. The number of carbonyl (C=O) groups excluding carboxylic acids is 1. The number of alkyl halides is 3. The Kier molecular flexibility index (Phi) is 7.68. The van der Waals surface area contributed by atoms with E-state index in [1.165, 1.54) is 23.9 Å². The van der Waals surface area contributed by atoms with E-state index in [-0.39, 0.29) is 18.9 Å². The predicted octanol–water partition coefficient (Wildman–Crippen LogP) is 3.94. The highest BCUT2D eigenvalue weighted by atomic mass is 19.4. The average Bonchev–Trinajstić information content (AvgIpc) is 3.21. The van der Waals surface area contributed by atoms with E-state index < -0.39 is 17.6 Å². The van der Waals surface area contributed by atoms with Gasteiger partial charge in [0.1, 0.15) is 29.5 Å². The lowest BCUT2D eigenvalue weighted by Gasteiger charge is -2.08. The Morgan fingerprint density at radius 2 is 1.85 bits per heavy atom. The van der Waals surface area contributed by atoms with Crippen LogP contribution in [-0.2, 0) is 13.2 Å². The molecule has 0 bridgehead atoms. The first-order chi connectivity index (χ1) is 16.2. The van der Waals surface area contributed by atoms with E-state index in [1.807, 2.05) is 0 Å². The van der Waals surface area contributed by atoms with Crippen LogP contribution in [0, 0.1) is 11.8 Å². The monoisotopic (exact) mass is 473 g/mol. The molecular weight excluding hydrogens is 451 g/mol. The molecule has 2 aromatic carbocycles. The summed E-state index contributed by atoms with van der Waals surface area (Å²) in [5, 5.41) is 7.04. The van der Waals surface area contributed by atoms with E-state index in [0.29, 0.717) is 28.5 Å². The van der Waals surface area contributed by atoms with Crippen LogP contribution >= 0.6 is 0 Å². The second kappa shape index (κ2) is 10.7. The number of rotatable bonds is 7. The van der Waals surface area contributed by atoms with Crippen molar-refractivity contribution in [2.75, 3.05) is 27.4 Å². The zero-order chi connectivity index (χ0) is 24.7. The van der Waals surface area contributed by atoms with Gasteiger partial charge in [-0.3, -0.25) is 9.48 Å². The molecule has 178 valence electrons. The number of nitrogens with zero attached hydrogens (tertiary/aromatic N) is 2. The molecule has 1 N–H and O–H groups in total. The van der Waals surface area contributed by atoms with Gasteiger partial charge in [0.15, 0.2) is 0 Å². The van der Waals surface area contributed by atoms with Crippen molar-refractivity contribution >= 4 is 5.91 Å². The summed E-state index contributed by atoms with van der Waals surface area (Å²) in [6, 6.07) is 11.4. The van der Waals surface area contributed by atoms with Crippen LogP contribution in [-0.4, -0.2) is 43.1 Å². The first kappa shape index (κ1) is 24.5. The SMILES string of the molecule is COc1ccc(OC)c(-c2cc(C(=O)NCC#CCOc3cccc(C(F)(F)F)c3)n(C)n2)c1. The topological polar surface area (TPSA) is 74.6 Å². The smallest absolute Gasteiger partial charge is 0.416 e. The molecular formula is C24H22F3N3O4. The molecule has 0 unspecified atom stereocenters. The quantitative estimate of drug-likeness (QED) is 0.527. The van der Waals surface area contributed by atoms with Gasteiger partial charge in [0.05, 0.1) is 32.0 Å². The Balaban J connectivity index is 1.58. The normalized spacial score (nSPS) is 10.8. The van der Waals surface area contributed by atoms with Crippen molar-refractivity contribution in [3.63, 3.8) is 0 Å². The van der Waals surface area contributed by atoms with Gasteiger partial charge in [0, 0.05) is 12.6 Å².